The summed E-state index contributed by atoms with van der Waals surface area (Å²) in [7, 11) is -4.04. The van der Waals surface area contributed by atoms with Crippen LogP contribution in [0.2, 0.25) is 5.02 Å². The van der Waals surface area contributed by atoms with Gasteiger partial charge in [-0.2, -0.15) is 0 Å². The maximum Gasteiger partial charge on any atom is 0.184 e. The molecule has 0 heterocycles. The number of nitrogen functional groups attached to an aromatic ring is 1. The average Bonchev–Trinajstić information content (AvgIpc) is 2.42. The van der Waals surface area contributed by atoms with E-state index in [4.69, 9.17) is 17.3 Å². The van der Waals surface area contributed by atoms with E-state index < -0.39 is 32.8 Å². The monoisotopic (exact) mass is 395 g/mol. The molecule has 0 saturated heterocycles. The van der Waals surface area contributed by atoms with Crippen LogP contribution in [0.5, 0.6) is 0 Å². The topological polar surface area (TPSA) is 60.2 Å². The molecule has 2 N–H and O–H groups in total. The van der Waals surface area contributed by atoms with Gasteiger partial charge in [-0.15, -0.1) is 0 Å². The third kappa shape index (κ3) is 3.36. The molecule has 8 heteroatoms. The lowest BCUT2D eigenvalue weighted by atomic mass is 10.2. The molecule has 0 unspecified atom stereocenters. The molecule has 0 aliphatic heterocycles. The summed E-state index contributed by atoms with van der Waals surface area (Å²) in [6, 6.07) is 6.05. The Hall–Kier alpha value is -1.18. The third-order valence-corrected chi connectivity index (χ3v) is 5.49. The van der Waals surface area contributed by atoms with Crippen LogP contribution in [0, 0.1) is 11.6 Å². The average molecular weight is 397 g/mol. The lowest BCUT2D eigenvalue weighted by Crippen LogP contribution is -2.10. The van der Waals surface area contributed by atoms with E-state index >= 15 is 0 Å². The Morgan fingerprint density at radius 1 is 1.19 bits per heavy atom. The van der Waals surface area contributed by atoms with Gasteiger partial charge in [-0.05, 0) is 46.3 Å². The second-order valence-electron chi connectivity index (χ2n) is 4.27. The van der Waals surface area contributed by atoms with Gasteiger partial charge in [0.25, 0.3) is 0 Å². The molecule has 21 heavy (non-hydrogen) atoms. The van der Waals surface area contributed by atoms with Gasteiger partial charge in [-0.1, -0.05) is 11.6 Å². The van der Waals surface area contributed by atoms with E-state index in [0.29, 0.717) is 0 Å². The Morgan fingerprint density at radius 3 is 2.52 bits per heavy atom. The van der Waals surface area contributed by atoms with Crippen molar-refractivity contribution in [1.82, 2.24) is 0 Å². The van der Waals surface area contributed by atoms with Crippen molar-refractivity contribution in [2.75, 3.05) is 5.73 Å². The predicted molar refractivity (Wildman–Crippen MR) is 80.8 cm³/mol. The molecule has 0 bridgehead atoms. The van der Waals surface area contributed by atoms with Gasteiger partial charge in [0.15, 0.2) is 9.84 Å². The zero-order valence-corrected chi connectivity index (χ0v) is 13.6. The number of hydrogen-bond donors (Lipinski definition) is 1. The summed E-state index contributed by atoms with van der Waals surface area (Å²) in [5.41, 5.74) is 5.16. The minimum atomic E-state index is -4.04. The first-order chi connectivity index (χ1) is 9.72. The van der Waals surface area contributed by atoms with Crippen molar-refractivity contribution >= 4 is 43.1 Å². The van der Waals surface area contributed by atoms with Crippen LogP contribution in [-0.2, 0) is 15.6 Å². The number of halogens is 4. The molecule has 0 fully saturated rings. The van der Waals surface area contributed by atoms with Crippen LogP contribution < -0.4 is 5.73 Å². The normalized spacial score (nSPS) is 11.6. The Labute approximate surface area is 133 Å². The van der Waals surface area contributed by atoms with E-state index in [0.717, 1.165) is 18.2 Å². The zero-order valence-electron chi connectivity index (χ0n) is 10.4. The van der Waals surface area contributed by atoms with E-state index in [-0.39, 0.29) is 20.1 Å². The summed E-state index contributed by atoms with van der Waals surface area (Å²) in [6.45, 7) is 0. The Balaban J connectivity index is 2.53. The quantitative estimate of drug-likeness (QED) is 0.631. The highest BCUT2D eigenvalue weighted by Gasteiger charge is 2.24. The predicted octanol–water partition coefficient (Wildman–Crippen LogP) is 3.94. The van der Waals surface area contributed by atoms with Crippen LogP contribution in [0.4, 0.5) is 14.5 Å². The number of benzene rings is 2. The van der Waals surface area contributed by atoms with Gasteiger partial charge in [0, 0.05) is 11.3 Å². The SMILES string of the molecule is Nc1ccc(Cl)c(S(=O)(=O)Cc2c(F)ccc(Br)c2F)c1. The molecule has 0 saturated carbocycles. The molecule has 0 aliphatic rings. The lowest BCUT2D eigenvalue weighted by Gasteiger charge is -2.10. The molecule has 3 nitrogen and oxygen atoms in total. The fraction of sp³-hybridized carbons (Fsp3) is 0.0769. The maximum absolute atomic E-state index is 13.9. The highest BCUT2D eigenvalue weighted by molar-refractivity contribution is 9.10. The van der Waals surface area contributed by atoms with E-state index in [1.807, 2.05) is 0 Å². The summed E-state index contributed by atoms with van der Waals surface area (Å²) in [5.74, 6) is -2.76. The first kappa shape index (κ1) is 16.2. The maximum atomic E-state index is 13.9. The minimum absolute atomic E-state index is 0.0206. The Morgan fingerprint density at radius 2 is 1.86 bits per heavy atom. The lowest BCUT2D eigenvalue weighted by molar-refractivity contribution is 0.552. The summed E-state index contributed by atoms with van der Waals surface area (Å²) < 4.78 is 52.1. The summed E-state index contributed by atoms with van der Waals surface area (Å²) >= 11 is 8.71. The van der Waals surface area contributed by atoms with Gasteiger partial charge in [0.05, 0.1) is 20.1 Å². The first-order valence-corrected chi connectivity index (χ1v) is 8.45. The number of nitrogens with two attached hydrogens (primary N) is 1. The standard InChI is InChI=1S/C13H9BrClF2NO2S/c14-9-2-4-11(16)8(13(9)17)6-21(19,20)12-5-7(18)1-3-10(12)15/h1-5H,6,18H2. The van der Waals surface area contributed by atoms with E-state index in [1.54, 1.807) is 0 Å². The Bertz CT molecular complexity index is 812. The van der Waals surface area contributed by atoms with Crippen molar-refractivity contribution in [1.29, 1.82) is 0 Å². The van der Waals surface area contributed by atoms with Crippen LogP contribution in [0.3, 0.4) is 0 Å². The van der Waals surface area contributed by atoms with Gasteiger partial charge in [0.1, 0.15) is 11.6 Å². The molecule has 0 spiro atoms. The molecule has 0 atom stereocenters. The van der Waals surface area contributed by atoms with Crippen molar-refractivity contribution in [3.63, 3.8) is 0 Å². The van der Waals surface area contributed by atoms with E-state index in [2.05, 4.69) is 15.9 Å². The Kier molecular flexibility index (Phi) is 4.55. The van der Waals surface area contributed by atoms with Crippen LogP contribution in [0.25, 0.3) is 0 Å². The van der Waals surface area contributed by atoms with Crippen molar-refractivity contribution < 1.29 is 17.2 Å². The molecular weight excluding hydrogens is 388 g/mol. The highest BCUT2D eigenvalue weighted by atomic mass is 79.9. The van der Waals surface area contributed by atoms with E-state index in [1.165, 1.54) is 12.1 Å². The molecule has 0 aliphatic carbocycles. The number of rotatable bonds is 3. The number of sulfone groups is 1. The second-order valence-corrected chi connectivity index (χ2v) is 7.49. The van der Waals surface area contributed by atoms with Gasteiger partial charge < -0.3 is 5.73 Å². The molecule has 2 aromatic carbocycles. The molecule has 2 aromatic rings. The summed E-state index contributed by atoms with van der Waals surface area (Å²) in [6.07, 6.45) is 0. The van der Waals surface area contributed by atoms with Crippen LogP contribution >= 0.6 is 27.5 Å². The van der Waals surface area contributed by atoms with Crippen molar-refractivity contribution in [3.05, 3.63) is 57.0 Å². The van der Waals surface area contributed by atoms with Crippen LogP contribution in [0.15, 0.2) is 39.7 Å². The smallest absolute Gasteiger partial charge is 0.184 e. The number of anilines is 1. The fourth-order valence-electron chi connectivity index (χ4n) is 1.73. The molecule has 112 valence electrons. The van der Waals surface area contributed by atoms with E-state index in [9.17, 15) is 17.2 Å². The summed E-state index contributed by atoms with van der Waals surface area (Å²) in [5, 5.41) is -0.0555. The first-order valence-electron chi connectivity index (χ1n) is 5.62. The minimum Gasteiger partial charge on any atom is -0.399 e. The molecular formula is C13H9BrClF2NO2S. The molecule has 0 amide bonds. The second kappa shape index (κ2) is 5.90. The molecule has 0 radical (unpaired) electrons. The summed E-state index contributed by atoms with van der Waals surface area (Å²) in [4.78, 5) is -0.261. The van der Waals surface area contributed by atoms with Crippen molar-refractivity contribution in [2.45, 2.75) is 10.6 Å². The largest absolute Gasteiger partial charge is 0.399 e. The van der Waals surface area contributed by atoms with Gasteiger partial charge in [0.2, 0.25) is 0 Å². The van der Waals surface area contributed by atoms with Gasteiger partial charge in [-0.25, -0.2) is 17.2 Å². The van der Waals surface area contributed by atoms with Gasteiger partial charge in [-0.3, -0.25) is 0 Å². The third-order valence-electron chi connectivity index (χ3n) is 2.76. The fourth-order valence-corrected chi connectivity index (χ4v) is 4.05. The van der Waals surface area contributed by atoms with Crippen molar-refractivity contribution in [2.24, 2.45) is 0 Å². The molecule has 0 aromatic heterocycles. The zero-order chi connectivity index (χ0) is 15.8. The highest BCUT2D eigenvalue weighted by Crippen LogP contribution is 2.29. The van der Waals surface area contributed by atoms with Crippen LogP contribution in [-0.4, -0.2) is 8.42 Å². The van der Waals surface area contributed by atoms with Gasteiger partial charge >= 0.3 is 0 Å². The van der Waals surface area contributed by atoms with Crippen molar-refractivity contribution in [3.8, 4) is 0 Å². The number of hydrogen-bond acceptors (Lipinski definition) is 3. The van der Waals surface area contributed by atoms with Crippen LogP contribution in [0.1, 0.15) is 5.56 Å². The molecule has 2 rings (SSSR count).